The molecule has 2 N–H and O–H groups in total. The average Bonchev–Trinajstić information content (AvgIpc) is 3.43. The van der Waals surface area contributed by atoms with Crippen LogP contribution in [0.1, 0.15) is 24.8 Å². The van der Waals surface area contributed by atoms with Gasteiger partial charge >= 0.3 is 0 Å². The van der Waals surface area contributed by atoms with E-state index in [0.29, 0.717) is 12.3 Å². The number of fused-ring (bicyclic) bond motifs is 1. The Hall–Kier alpha value is -1.87. The van der Waals surface area contributed by atoms with Gasteiger partial charge in [-0.1, -0.05) is 48.2 Å². The molecule has 1 aliphatic carbocycles. The number of aromatic nitrogens is 3. The van der Waals surface area contributed by atoms with Crippen molar-refractivity contribution in [3.05, 3.63) is 53.4 Å². The number of rotatable bonds is 6. The third-order valence-electron chi connectivity index (χ3n) is 5.88. The SMILES string of the molecule is O=C1NC(CSc2nnc(-c3cccs3)n2Cc2ccccc2)NC2CC(Cl)CCC12. The molecule has 1 aromatic carbocycles. The monoisotopic (exact) mass is 473 g/mol. The summed E-state index contributed by atoms with van der Waals surface area (Å²) in [6.07, 6.45) is 2.50. The number of carbonyl (C=O) groups is 1. The molecule has 3 heterocycles. The minimum Gasteiger partial charge on any atom is -0.340 e. The number of halogens is 1. The number of nitrogens with one attached hydrogen (secondary N) is 2. The highest BCUT2D eigenvalue weighted by Gasteiger charge is 2.39. The van der Waals surface area contributed by atoms with Crippen LogP contribution in [0.25, 0.3) is 10.7 Å². The maximum absolute atomic E-state index is 12.6. The van der Waals surface area contributed by atoms with Crippen molar-refractivity contribution < 1.29 is 4.79 Å². The number of thiophene rings is 1. The summed E-state index contributed by atoms with van der Waals surface area (Å²) in [5.74, 6) is 1.73. The number of hydrogen-bond acceptors (Lipinski definition) is 6. The van der Waals surface area contributed by atoms with E-state index in [4.69, 9.17) is 11.6 Å². The van der Waals surface area contributed by atoms with Gasteiger partial charge in [0.15, 0.2) is 11.0 Å². The molecule has 1 aliphatic heterocycles. The van der Waals surface area contributed by atoms with Gasteiger partial charge in [-0.2, -0.15) is 0 Å². The molecule has 6 nitrogen and oxygen atoms in total. The van der Waals surface area contributed by atoms with Crippen LogP contribution in [0.2, 0.25) is 0 Å². The zero-order valence-electron chi connectivity index (χ0n) is 16.9. The van der Waals surface area contributed by atoms with Gasteiger partial charge in [-0.25, -0.2) is 0 Å². The third kappa shape index (κ3) is 4.67. The van der Waals surface area contributed by atoms with Crippen LogP contribution in [-0.2, 0) is 11.3 Å². The van der Waals surface area contributed by atoms with Gasteiger partial charge in [0.2, 0.25) is 5.91 Å². The second-order valence-electron chi connectivity index (χ2n) is 8.02. The Labute approximate surface area is 194 Å². The quantitative estimate of drug-likeness (QED) is 0.418. The highest BCUT2D eigenvalue weighted by atomic mass is 35.5. The van der Waals surface area contributed by atoms with Crippen LogP contribution in [0, 0.1) is 5.92 Å². The lowest BCUT2D eigenvalue weighted by atomic mass is 9.82. The molecule has 9 heteroatoms. The average molecular weight is 474 g/mol. The summed E-state index contributed by atoms with van der Waals surface area (Å²) in [4.78, 5) is 13.7. The predicted octanol–water partition coefficient (Wildman–Crippen LogP) is 3.97. The van der Waals surface area contributed by atoms with E-state index in [-0.39, 0.29) is 29.4 Å². The molecule has 1 amide bonds. The highest BCUT2D eigenvalue weighted by molar-refractivity contribution is 7.99. The van der Waals surface area contributed by atoms with Gasteiger partial charge in [0.25, 0.3) is 0 Å². The summed E-state index contributed by atoms with van der Waals surface area (Å²) in [6.45, 7) is 0.701. The number of benzene rings is 1. The normalized spacial score (nSPS) is 25.8. The molecular weight excluding hydrogens is 450 g/mol. The summed E-state index contributed by atoms with van der Waals surface area (Å²) < 4.78 is 2.16. The summed E-state index contributed by atoms with van der Waals surface area (Å²) in [5, 5.41) is 18.8. The summed E-state index contributed by atoms with van der Waals surface area (Å²) in [5.41, 5.74) is 1.20. The molecule has 0 bridgehead atoms. The maximum Gasteiger partial charge on any atom is 0.225 e. The highest BCUT2D eigenvalue weighted by Crippen LogP contribution is 2.32. The Morgan fingerprint density at radius 2 is 2.03 bits per heavy atom. The minimum absolute atomic E-state index is 0.0309. The van der Waals surface area contributed by atoms with E-state index in [2.05, 4.69) is 49.0 Å². The van der Waals surface area contributed by atoms with Crippen molar-refractivity contribution >= 4 is 40.6 Å². The summed E-state index contributed by atoms with van der Waals surface area (Å²) >= 11 is 9.63. The van der Waals surface area contributed by atoms with Gasteiger partial charge in [0.05, 0.1) is 23.5 Å². The van der Waals surface area contributed by atoms with Crippen molar-refractivity contribution in [1.82, 2.24) is 25.4 Å². The van der Waals surface area contributed by atoms with Gasteiger partial charge in [-0.3, -0.25) is 14.7 Å². The van der Waals surface area contributed by atoms with Crippen LogP contribution < -0.4 is 10.6 Å². The largest absolute Gasteiger partial charge is 0.340 e. The van der Waals surface area contributed by atoms with Crippen LogP contribution in [0.15, 0.2) is 53.0 Å². The number of alkyl halides is 1. The van der Waals surface area contributed by atoms with E-state index >= 15 is 0 Å². The van der Waals surface area contributed by atoms with Crippen LogP contribution in [0.4, 0.5) is 0 Å². The van der Waals surface area contributed by atoms with E-state index in [1.54, 1.807) is 23.1 Å². The number of carbonyl (C=O) groups excluding carboxylic acids is 1. The topological polar surface area (TPSA) is 71.8 Å². The standard InChI is InChI=1S/C22H24ClN5OS2/c23-15-8-9-16-17(11-15)24-19(25-21(16)29)13-31-22-27-26-20(18-7-4-10-30-18)28(22)12-14-5-2-1-3-6-14/h1-7,10,15-17,19,24H,8-9,11-13H2,(H,25,29). The number of thioether (sulfide) groups is 1. The number of nitrogens with zero attached hydrogens (tertiary/aromatic N) is 3. The van der Waals surface area contributed by atoms with E-state index in [9.17, 15) is 4.79 Å². The van der Waals surface area contributed by atoms with Crippen molar-refractivity contribution in [2.24, 2.45) is 5.92 Å². The molecule has 2 fully saturated rings. The number of hydrogen-bond donors (Lipinski definition) is 2. The van der Waals surface area contributed by atoms with Crippen LogP contribution in [0.5, 0.6) is 0 Å². The van der Waals surface area contributed by atoms with Gasteiger partial charge < -0.3 is 5.32 Å². The molecule has 162 valence electrons. The molecule has 1 saturated carbocycles. The second kappa shape index (κ2) is 9.32. The predicted molar refractivity (Wildman–Crippen MR) is 125 cm³/mol. The summed E-state index contributed by atoms with van der Waals surface area (Å²) in [7, 11) is 0. The Morgan fingerprint density at radius 3 is 2.84 bits per heavy atom. The first-order chi connectivity index (χ1) is 15.2. The number of amides is 1. The van der Waals surface area contributed by atoms with Gasteiger partial charge in [-0.05, 0) is 36.3 Å². The first-order valence-electron chi connectivity index (χ1n) is 10.5. The first-order valence-corrected chi connectivity index (χ1v) is 12.8. The fourth-order valence-corrected chi connectivity index (χ4v) is 6.27. The molecule has 1 saturated heterocycles. The molecule has 3 aromatic rings. The van der Waals surface area contributed by atoms with Crippen LogP contribution >= 0.6 is 34.7 Å². The first kappa shape index (κ1) is 21.0. The van der Waals surface area contributed by atoms with Crippen LogP contribution in [0.3, 0.4) is 0 Å². The van der Waals surface area contributed by atoms with Crippen molar-refractivity contribution in [2.75, 3.05) is 5.75 Å². The third-order valence-corrected chi connectivity index (χ3v) is 8.20. The molecule has 4 atom stereocenters. The fraction of sp³-hybridized carbons (Fsp3) is 0.409. The second-order valence-corrected chi connectivity index (χ2v) is 10.6. The smallest absolute Gasteiger partial charge is 0.225 e. The fourth-order valence-electron chi connectivity index (χ4n) is 4.34. The van der Waals surface area contributed by atoms with E-state index in [1.165, 1.54) is 5.56 Å². The Bertz CT molecular complexity index is 1030. The van der Waals surface area contributed by atoms with Crippen molar-refractivity contribution in [1.29, 1.82) is 0 Å². The van der Waals surface area contributed by atoms with Crippen molar-refractivity contribution in [3.8, 4) is 10.7 Å². The lowest BCUT2D eigenvalue weighted by Gasteiger charge is -2.41. The molecule has 2 aliphatic rings. The Morgan fingerprint density at radius 1 is 1.16 bits per heavy atom. The van der Waals surface area contributed by atoms with Crippen LogP contribution in [-0.4, -0.2) is 44.0 Å². The lowest BCUT2D eigenvalue weighted by Crippen LogP contribution is -2.63. The molecule has 31 heavy (non-hydrogen) atoms. The van der Waals surface area contributed by atoms with Crippen molar-refractivity contribution in [3.63, 3.8) is 0 Å². The van der Waals surface area contributed by atoms with Gasteiger partial charge in [0, 0.05) is 17.2 Å². The zero-order chi connectivity index (χ0) is 21.2. The Kier molecular flexibility index (Phi) is 6.31. The maximum atomic E-state index is 12.6. The molecule has 2 aromatic heterocycles. The van der Waals surface area contributed by atoms with Gasteiger partial charge in [-0.15, -0.1) is 33.1 Å². The molecule has 0 radical (unpaired) electrons. The zero-order valence-corrected chi connectivity index (χ0v) is 19.3. The van der Waals surface area contributed by atoms with E-state index in [0.717, 1.165) is 35.1 Å². The molecule has 5 rings (SSSR count). The molecular formula is C22H24ClN5OS2. The van der Waals surface area contributed by atoms with E-state index < -0.39 is 0 Å². The Balaban J connectivity index is 1.33. The summed E-state index contributed by atoms with van der Waals surface area (Å²) in [6, 6.07) is 14.6. The molecule has 4 unspecified atom stereocenters. The lowest BCUT2D eigenvalue weighted by molar-refractivity contribution is -0.130. The van der Waals surface area contributed by atoms with Crippen molar-refractivity contribution in [2.45, 2.75) is 48.5 Å². The van der Waals surface area contributed by atoms with Gasteiger partial charge in [0.1, 0.15) is 0 Å². The minimum atomic E-state index is -0.104. The van der Waals surface area contributed by atoms with E-state index in [1.807, 2.05) is 24.3 Å². The molecule has 0 spiro atoms.